The summed E-state index contributed by atoms with van der Waals surface area (Å²) < 4.78 is 7.12. The van der Waals surface area contributed by atoms with E-state index in [4.69, 9.17) is 20.7 Å². The number of aliphatic hydroxyl groups excluding tert-OH is 3. The van der Waals surface area contributed by atoms with Gasteiger partial charge in [-0.1, -0.05) is 0 Å². The first-order valence-corrected chi connectivity index (χ1v) is 6.49. The number of aryl methyl sites for hydroxylation is 1. The largest absolute Gasteiger partial charge is 0.394 e. The summed E-state index contributed by atoms with van der Waals surface area (Å²) in [6, 6.07) is 0. The molecule has 0 amide bonds. The lowest BCUT2D eigenvalue weighted by atomic mass is 10.3. The predicted molar refractivity (Wildman–Crippen MR) is 74.2 cm³/mol. The van der Waals surface area contributed by atoms with Gasteiger partial charge in [-0.25, -0.2) is 15.0 Å². The van der Waals surface area contributed by atoms with Crippen molar-refractivity contribution in [2.45, 2.75) is 32.3 Å². The zero-order chi connectivity index (χ0) is 15.6. The summed E-state index contributed by atoms with van der Waals surface area (Å²) in [6.45, 7) is 2.50. The molecule has 9 heteroatoms. The lowest BCUT2D eigenvalue weighted by molar-refractivity contribution is -0.135. The Morgan fingerprint density at radius 2 is 2.00 bits per heavy atom. The Hall–Kier alpha value is -1.81. The molecule has 0 spiro atoms. The van der Waals surface area contributed by atoms with Crippen molar-refractivity contribution in [2.24, 2.45) is 0 Å². The van der Waals surface area contributed by atoms with Crippen molar-refractivity contribution in [1.82, 2.24) is 19.5 Å². The first-order valence-electron chi connectivity index (χ1n) is 6.49. The average molecular weight is 297 g/mol. The van der Waals surface area contributed by atoms with Crippen molar-refractivity contribution in [3.8, 4) is 0 Å². The minimum atomic E-state index is -0.919. The zero-order valence-corrected chi connectivity index (χ0v) is 11.8. The third kappa shape index (κ3) is 2.95. The molecule has 2 unspecified atom stereocenters. The van der Waals surface area contributed by atoms with Gasteiger partial charge in [-0.05, 0) is 13.8 Å². The van der Waals surface area contributed by atoms with Crippen LogP contribution in [0.25, 0.3) is 11.2 Å². The fourth-order valence-corrected chi connectivity index (χ4v) is 2.07. The van der Waals surface area contributed by atoms with Crippen LogP contribution in [0.15, 0.2) is 6.33 Å². The molecule has 0 saturated carbocycles. The average Bonchev–Trinajstić information content (AvgIpc) is 2.78. The van der Waals surface area contributed by atoms with Crippen molar-refractivity contribution in [3.05, 3.63) is 12.2 Å². The molecule has 2 aromatic rings. The number of aromatic nitrogens is 4. The zero-order valence-electron chi connectivity index (χ0n) is 11.8. The molecule has 0 aliphatic rings. The number of nitrogen functional groups attached to an aromatic ring is 1. The van der Waals surface area contributed by atoms with Gasteiger partial charge in [0.15, 0.2) is 23.2 Å². The van der Waals surface area contributed by atoms with Crippen LogP contribution in [0.1, 0.15) is 19.0 Å². The molecule has 0 bridgehead atoms. The van der Waals surface area contributed by atoms with Crippen LogP contribution >= 0.6 is 0 Å². The summed E-state index contributed by atoms with van der Waals surface area (Å²) in [4.78, 5) is 12.3. The van der Waals surface area contributed by atoms with Crippen molar-refractivity contribution < 1.29 is 20.1 Å². The molecule has 2 heterocycles. The number of aliphatic hydroxyl groups is 3. The number of hydrogen-bond donors (Lipinski definition) is 4. The van der Waals surface area contributed by atoms with Crippen molar-refractivity contribution in [3.63, 3.8) is 0 Å². The van der Waals surface area contributed by atoms with E-state index >= 15 is 0 Å². The van der Waals surface area contributed by atoms with Crippen LogP contribution < -0.4 is 5.73 Å². The first-order chi connectivity index (χ1) is 9.99. The lowest BCUT2D eigenvalue weighted by Gasteiger charge is -2.27. The number of rotatable bonds is 6. The molecular weight excluding hydrogens is 278 g/mol. The van der Waals surface area contributed by atoms with Gasteiger partial charge >= 0.3 is 0 Å². The summed E-state index contributed by atoms with van der Waals surface area (Å²) in [5.74, 6) is 0.754. The summed E-state index contributed by atoms with van der Waals surface area (Å²) >= 11 is 0. The van der Waals surface area contributed by atoms with Gasteiger partial charge in [-0.15, -0.1) is 0 Å². The smallest absolute Gasteiger partial charge is 0.167 e. The number of nitrogens with two attached hydrogens (primary N) is 1. The van der Waals surface area contributed by atoms with E-state index in [9.17, 15) is 5.11 Å². The second kappa shape index (κ2) is 6.31. The maximum atomic E-state index is 9.97. The molecule has 116 valence electrons. The van der Waals surface area contributed by atoms with E-state index in [1.54, 1.807) is 11.5 Å². The van der Waals surface area contributed by atoms with Crippen LogP contribution in [0.3, 0.4) is 0 Å². The summed E-state index contributed by atoms with van der Waals surface area (Å²) in [7, 11) is 0. The van der Waals surface area contributed by atoms with Gasteiger partial charge in [-0.2, -0.15) is 0 Å². The lowest BCUT2D eigenvalue weighted by Crippen LogP contribution is -2.33. The van der Waals surface area contributed by atoms with Gasteiger partial charge in [0.2, 0.25) is 0 Å². The Morgan fingerprint density at radius 3 is 2.57 bits per heavy atom. The highest BCUT2D eigenvalue weighted by Gasteiger charge is 2.26. The number of anilines is 1. The quantitative estimate of drug-likeness (QED) is 0.530. The monoisotopic (exact) mass is 297 g/mol. The molecular formula is C12H19N5O4. The fraction of sp³-hybridized carbons (Fsp3) is 0.583. The molecule has 5 N–H and O–H groups in total. The summed E-state index contributed by atoms with van der Waals surface area (Å²) in [5, 5.41) is 28.3. The number of ether oxygens (including phenoxy) is 1. The van der Waals surface area contributed by atoms with Crippen LogP contribution in [-0.2, 0) is 4.74 Å². The number of nitrogens with zero attached hydrogens (tertiary/aromatic N) is 4. The van der Waals surface area contributed by atoms with Gasteiger partial charge < -0.3 is 25.8 Å². The molecule has 21 heavy (non-hydrogen) atoms. The van der Waals surface area contributed by atoms with E-state index in [-0.39, 0.29) is 19.0 Å². The molecule has 2 atom stereocenters. The Kier molecular flexibility index (Phi) is 4.68. The second-order valence-electron chi connectivity index (χ2n) is 4.71. The highest BCUT2D eigenvalue weighted by molar-refractivity contribution is 5.81. The summed E-state index contributed by atoms with van der Waals surface area (Å²) in [6.07, 6.45) is -1.31. The molecule has 0 aliphatic carbocycles. The maximum absolute atomic E-state index is 9.97. The Morgan fingerprint density at radius 1 is 1.33 bits per heavy atom. The number of fused-ring (bicyclic) bond motifs is 1. The molecule has 0 fully saturated rings. The number of hydrogen-bond acceptors (Lipinski definition) is 8. The van der Waals surface area contributed by atoms with E-state index in [1.807, 2.05) is 0 Å². The number of imidazole rings is 1. The standard InChI is InChI=1S/C12H19N5O4/c1-6(20)12(21-8(3-18)4-19)17-7(2)16-9-10(13)14-5-15-11(9)17/h5-6,8,12,18-20H,3-4H2,1-2H3,(H2,13,14,15). The van der Waals surface area contributed by atoms with E-state index in [0.717, 1.165) is 0 Å². The maximum Gasteiger partial charge on any atom is 0.167 e. The Labute approximate surface area is 121 Å². The molecule has 0 radical (unpaired) electrons. The van der Waals surface area contributed by atoms with E-state index in [0.29, 0.717) is 17.0 Å². The molecule has 2 aromatic heterocycles. The molecule has 0 aliphatic heterocycles. The van der Waals surface area contributed by atoms with Gasteiger partial charge in [0.1, 0.15) is 18.3 Å². The highest BCUT2D eigenvalue weighted by atomic mass is 16.5. The third-order valence-electron chi connectivity index (χ3n) is 3.09. The Balaban J connectivity index is 2.50. The van der Waals surface area contributed by atoms with E-state index in [2.05, 4.69) is 15.0 Å². The fourth-order valence-electron chi connectivity index (χ4n) is 2.07. The van der Waals surface area contributed by atoms with Crippen LogP contribution in [-0.4, -0.2) is 60.3 Å². The van der Waals surface area contributed by atoms with Gasteiger partial charge in [0.05, 0.1) is 19.3 Å². The SMILES string of the molecule is Cc1nc2c(N)ncnc2n1C(OC(CO)CO)C(C)O. The van der Waals surface area contributed by atoms with E-state index < -0.39 is 18.4 Å². The highest BCUT2D eigenvalue weighted by Crippen LogP contribution is 2.25. The van der Waals surface area contributed by atoms with Gasteiger partial charge in [0.25, 0.3) is 0 Å². The van der Waals surface area contributed by atoms with Crippen molar-refractivity contribution in [2.75, 3.05) is 18.9 Å². The Bertz CT molecular complexity index is 611. The minimum Gasteiger partial charge on any atom is -0.394 e. The van der Waals surface area contributed by atoms with Gasteiger partial charge in [0, 0.05) is 0 Å². The van der Waals surface area contributed by atoms with Crippen LogP contribution in [0, 0.1) is 6.92 Å². The molecule has 2 rings (SSSR count). The molecule has 0 saturated heterocycles. The third-order valence-corrected chi connectivity index (χ3v) is 3.09. The topological polar surface area (TPSA) is 140 Å². The molecule has 0 aromatic carbocycles. The summed E-state index contributed by atoms with van der Waals surface area (Å²) in [5.41, 5.74) is 6.59. The molecule has 9 nitrogen and oxygen atoms in total. The van der Waals surface area contributed by atoms with Crippen LogP contribution in [0.2, 0.25) is 0 Å². The van der Waals surface area contributed by atoms with Crippen LogP contribution in [0.5, 0.6) is 0 Å². The predicted octanol–water partition coefficient (Wildman–Crippen LogP) is -1.03. The van der Waals surface area contributed by atoms with Crippen molar-refractivity contribution >= 4 is 17.0 Å². The first kappa shape index (κ1) is 15.6. The van der Waals surface area contributed by atoms with E-state index in [1.165, 1.54) is 13.3 Å². The normalized spacial score (nSPS) is 14.8. The van der Waals surface area contributed by atoms with Crippen LogP contribution in [0.4, 0.5) is 5.82 Å². The van der Waals surface area contributed by atoms with Crippen molar-refractivity contribution in [1.29, 1.82) is 0 Å². The second-order valence-corrected chi connectivity index (χ2v) is 4.71. The minimum absolute atomic E-state index is 0.229. The van der Waals surface area contributed by atoms with Gasteiger partial charge in [-0.3, -0.25) is 4.57 Å².